The molecule has 0 bridgehead atoms. The fourth-order valence-corrected chi connectivity index (χ4v) is 2.07. The SMILES string of the molecule is CCc1nc2cc(NC(C)c3ccoc3)ccc2o1. The number of rotatable bonds is 4. The van der Waals surface area contributed by atoms with Gasteiger partial charge in [0.1, 0.15) is 5.52 Å². The zero-order valence-corrected chi connectivity index (χ0v) is 11.0. The van der Waals surface area contributed by atoms with E-state index in [1.807, 2.05) is 31.2 Å². The Hall–Kier alpha value is -2.23. The molecule has 0 amide bonds. The van der Waals surface area contributed by atoms with E-state index in [9.17, 15) is 0 Å². The van der Waals surface area contributed by atoms with Crippen LogP contribution in [-0.4, -0.2) is 4.98 Å². The first-order valence-electron chi connectivity index (χ1n) is 6.44. The number of aryl methyl sites for hydroxylation is 1. The molecule has 0 aliphatic rings. The van der Waals surface area contributed by atoms with Crippen molar-refractivity contribution in [3.63, 3.8) is 0 Å². The van der Waals surface area contributed by atoms with Gasteiger partial charge in [-0.3, -0.25) is 0 Å². The highest BCUT2D eigenvalue weighted by Gasteiger charge is 2.09. The van der Waals surface area contributed by atoms with Crippen LogP contribution < -0.4 is 5.32 Å². The van der Waals surface area contributed by atoms with Crippen LogP contribution in [0.25, 0.3) is 11.1 Å². The summed E-state index contributed by atoms with van der Waals surface area (Å²) < 4.78 is 10.7. The van der Waals surface area contributed by atoms with E-state index in [-0.39, 0.29) is 6.04 Å². The highest BCUT2D eigenvalue weighted by molar-refractivity contribution is 5.77. The van der Waals surface area contributed by atoms with E-state index >= 15 is 0 Å². The van der Waals surface area contributed by atoms with Crippen molar-refractivity contribution in [3.8, 4) is 0 Å². The zero-order valence-electron chi connectivity index (χ0n) is 11.0. The number of nitrogens with one attached hydrogen (secondary N) is 1. The second-order valence-corrected chi connectivity index (χ2v) is 4.57. The van der Waals surface area contributed by atoms with Gasteiger partial charge in [-0.2, -0.15) is 0 Å². The van der Waals surface area contributed by atoms with Crippen molar-refractivity contribution in [2.75, 3.05) is 5.32 Å². The first-order valence-corrected chi connectivity index (χ1v) is 6.44. The largest absolute Gasteiger partial charge is 0.472 e. The maximum atomic E-state index is 5.60. The lowest BCUT2D eigenvalue weighted by Crippen LogP contribution is -2.05. The number of hydrogen-bond donors (Lipinski definition) is 1. The number of oxazole rings is 1. The molecule has 1 unspecified atom stereocenters. The van der Waals surface area contributed by atoms with E-state index in [1.165, 1.54) is 0 Å². The molecule has 1 N–H and O–H groups in total. The van der Waals surface area contributed by atoms with Crippen molar-refractivity contribution in [1.29, 1.82) is 0 Å². The molecule has 0 saturated heterocycles. The molecule has 2 aromatic heterocycles. The van der Waals surface area contributed by atoms with Gasteiger partial charge in [-0.1, -0.05) is 6.92 Å². The Labute approximate surface area is 111 Å². The van der Waals surface area contributed by atoms with E-state index in [0.717, 1.165) is 34.7 Å². The molecule has 1 atom stereocenters. The van der Waals surface area contributed by atoms with Crippen LogP contribution in [0.2, 0.25) is 0 Å². The summed E-state index contributed by atoms with van der Waals surface area (Å²) in [4.78, 5) is 4.44. The molecule has 0 aliphatic heterocycles. The molecule has 1 aromatic carbocycles. The highest BCUT2D eigenvalue weighted by Crippen LogP contribution is 2.24. The fourth-order valence-electron chi connectivity index (χ4n) is 2.07. The number of nitrogens with zero attached hydrogens (tertiary/aromatic N) is 1. The van der Waals surface area contributed by atoms with Crippen LogP contribution in [0.15, 0.2) is 45.6 Å². The lowest BCUT2D eigenvalue weighted by molar-refractivity contribution is 0.538. The Morgan fingerprint density at radius 1 is 1.32 bits per heavy atom. The smallest absolute Gasteiger partial charge is 0.195 e. The van der Waals surface area contributed by atoms with Gasteiger partial charge in [-0.25, -0.2) is 4.98 Å². The minimum absolute atomic E-state index is 0.189. The summed E-state index contributed by atoms with van der Waals surface area (Å²) in [6.07, 6.45) is 4.24. The monoisotopic (exact) mass is 256 g/mol. The van der Waals surface area contributed by atoms with Crippen molar-refractivity contribution in [3.05, 3.63) is 48.2 Å². The Kier molecular flexibility index (Phi) is 2.99. The van der Waals surface area contributed by atoms with E-state index in [4.69, 9.17) is 8.83 Å². The Balaban J connectivity index is 1.85. The third-order valence-electron chi connectivity index (χ3n) is 3.16. The Morgan fingerprint density at radius 3 is 2.95 bits per heavy atom. The predicted octanol–water partition coefficient (Wildman–Crippen LogP) is 4.16. The summed E-state index contributed by atoms with van der Waals surface area (Å²) in [5.74, 6) is 0.773. The number of fused-ring (bicyclic) bond motifs is 1. The second kappa shape index (κ2) is 4.80. The average Bonchev–Trinajstić information content (AvgIpc) is 3.07. The fraction of sp³-hybridized carbons (Fsp3) is 0.267. The number of aromatic nitrogens is 1. The van der Waals surface area contributed by atoms with Crippen LogP contribution in [0.1, 0.15) is 31.3 Å². The van der Waals surface area contributed by atoms with Gasteiger partial charge in [0, 0.05) is 17.7 Å². The lowest BCUT2D eigenvalue weighted by atomic mass is 10.1. The summed E-state index contributed by atoms with van der Waals surface area (Å²) in [7, 11) is 0. The molecular formula is C15H16N2O2. The van der Waals surface area contributed by atoms with Gasteiger partial charge in [-0.15, -0.1) is 0 Å². The maximum absolute atomic E-state index is 5.60. The lowest BCUT2D eigenvalue weighted by Gasteiger charge is -2.13. The quantitative estimate of drug-likeness (QED) is 0.761. The number of furan rings is 1. The Morgan fingerprint density at radius 2 is 2.21 bits per heavy atom. The standard InChI is InChI=1S/C15H16N2O2/c1-3-15-17-13-8-12(4-5-14(13)19-15)16-10(2)11-6-7-18-9-11/h4-10,16H,3H2,1-2H3. The number of benzene rings is 1. The third kappa shape index (κ3) is 2.34. The zero-order chi connectivity index (χ0) is 13.2. The molecule has 4 heteroatoms. The van der Waals surface area contributed by atoms with Crippen LogP contribution in [0, 0.1) is 0 Å². The summed E-state index contributed by atoms with van der Waals surface area (Å²) in [6, 6.07) is 8.11. The highest BCUT2D eigenvalue weighted by atomic mass is 16.3. The topological polar surface area (TPSA) is 51.2 Å². The summed E-state index contributed by atoms with van der Waals surface area (Å²) in [5, 5.41) is 3.42. The van der Waals surface area contributed by atoms with Crippen molar-refractivity contribution in [2.24, 2.45) is 0 Å². The maximum Gasteiger partial charge on any atom is 0.195 e. The van der Waals surface area contributed by atoms with Crippen molar-refractivity contribution < 1.29 is 8.83 Å². The molecule has 4 nitrogen and oxygen atoms in total. The molecule has 0 spiro atoms. The van der Waals surface area contributed by atoms with Crippen LogP contribution in [0.4, 0.5) is 5.69 Å². The van der Waals surface area contributed by atoms with E-state index in [1.54, 1.807) is 12.5 Å². The van der Waals surface area contributed by atoms with Crippen LogP contribution >= 0.6 is 0 Å². The molecule has 0 radical (unpaired) electrons. The van der Waals surface area contributed by atoms with E-state index in [0.29, 0.717) is 0 Å². The summed E-state index contributed by atoms with van der Waals surface area (Å²) in [6.45, 7) is 4.13. The molecule has 98 valence electrons. The molecule has 2 heterocycles. The van der Waals surface area contributed by atoms with Crippen LogP contribution in [0.5, 0.6) is 0 Å². The molecule has 0 fully saturated rings. The molecular weight excluding hydrogens is 240 g/mol. The summed E-state index contributed by atoms with van der Waals surface area (Å²) in [5.41, 5.74) is 3.87. The van der Waals surface area contributed by atoms with Gasteiger partial charge in [0.05, 0.1) is 18.6 Å². The van der Waals surface area contributed by atoms with Gasteiger partial charge in [-0.05, 0) is 31.2 Å². The van der Waals surface area contributed by atoms with Crippen molar-refractivity contribution in [2.45, 2.75) is 26.3 Å². The second-order valence-electron chi connectivity index (χ2n) is 4.57. The normalized spacial score (nSPS) is 12.7. The molecule has 0 aliphatic carbocycles. The molecule has 0 saturated carbocycles. The molecule has 19 heavy (non-hydrogen) atoms. The van der Waals surface area contributed by atoms with Gasteiger partial charge in [0.25, 0.3) is 0 Å². The Bertz CT molecular complexity index is 671. The number of hydrogen-bond acceptors (Lipinski definition) is 4. The minimum Gasteiger partial charge on any atom is -0.472 e. The van der Waals surface area contributed by atoms with Gasteiger partial charge in [0.2, 0.25) is 0 Å². The van der Waals surface area contributed by atoms with Gasteiger partial charge >= 0.3 is 0 Å². The number of anilines is 1. The van der Waals surface area contributed by atoms with E-state index < -0.39 is 0 Å². The first kappa shape index (κ1) is 11.8. The third-order valence-corrected chi connectivity index (χ3v) is 3.16. The average molecular weight is 256 g/mol. The first-order chi connectivity index (χ1) is 9.26. The van der Waals surface area contributed by atoms with Crippen LogP contribution in [0.3, 0.4) is 0 Å². The van der Waals surface area contributed by atoms with Crippen molar-refractivity contribution in [1.82, 2.24) is 4.98 Å². The molecule has 3 rings (SSSR count). The molecule has 3 aromatic rings. The van der Waals surface area contributed by atoms with Gasteiger partial charge in [0.15, 0.2) is 11.5 Å². The van der Waals surface area contributed by atoms with E-state index in [2.05, 4.69) is 17.2 Å². The summed E-state index contributed by atoms with van der Waals surface area (Å²) >= 11 is 0. The minimum atomic E-state index is 0.189. The predicted molar refractivity (Wildman–Crippen MR) is 74.1 cm³/mol. The van der Waals surface area contributed by atoms with Gasteiger partial charge < -0.3 is 14.2 Å². The van der Waals surface area contributed by atoms with Crippen LogP contribution in [-0.2, 0) is 6.42 Å². The van der Waals surface area contributed by atoms with Crippen molar-refractivity contribution >= 4 is 16.8 Å².